The second-order valence-electron chi connectivity index (χ2n) is 5.22. The third-order valence-electron chi connectivity index (χ3n) is 3.37. The van der Waals surface area contributed by atoms with Crippen molar-refractivity contribution in [2.75, 3.05) is 12.8 Å². The third kappa shape index (κ3) is 4.98. The predicted octanol–water partition coefficient (Wildman–Crippen LogP) is 1.77. The Balaban J connectivity index is 1.81. The van der Waals surface area contributed by atoms with E-state index in [0.29, 0.717) is 11.6 Å². The predicted molar refractivity (Wildman–Crippen MR) is 82.5 cm³/mol. The van der Waals surface area contributed by atoms with Gasteiger partial charge in [-0.05, 0) is 24.5 Å². The topological polar surface area (TPSA) is 66.5 Å². The van der Waals surface area contributed by atoms with E-state index in [-0.39, 0.29) is 24.9 Å². The highest BCUT2D eigenvalue weighted by Gasteiger charge is 2.34. The van der Waals surface area contributed by atoms with E-state index >= 15 is 0 Å². The fraction of sp³-hybridized carbons (Fsp3) is 0.500. The SMILES string of the molecule is CS(=O)(=O)N(CCC(=O)NCc1ccccc1Cl)C1CC1. The fourth-order valence-corrected chi connectivity index (χ4v) is 3.50. The van der Waals surface area contributed by atoms with Gasteiger partial charge in [0, 0.05) is 30.6 Å². The number of nitrogens with zero attached hydrogens (tertiary/aromatic N) is 1. The highest BCUT2D eigenvalue weighted by molar-refractivity contribution is 7.88. The van der Waals surface area contributed by atoms with Gasteiger partial charge in [0.2, 0.25) is 15.9 Å². The van der Waals surface area contributed by atoms with Crippen LogP contribution in [0, 0.1) is 0 Å². The molecule has 21 heavy (non-hydrogen) atoms. The number of rotatable bonds is 7. The van der Waals surface area contributed by atoms with Crippen LogP contribution in [0.5, 0.6) is 0 Å². The molecule has 7 heteroatoms. The normalized spacial score (nSPS) is 15.2. The Hall–Kier alpha value is -1.11. The molecular formula is C14H19ClN2O3S. The smallest absolute Gasteiger partial charge is 0.221 e. The molecule has 5 nitrogen and oxygen atoms in total. The van der Waals surface area contributed by atoms with Gasteiger partial charge in [0.05, 0.1) is 6.26 Å². The van der Waals surface area contributed by atoms with Gasteiger partial charge in [-0.1, -0.05) is 29.8 Å². The minimum Gasteiger partial charge on any atom is -0.352 e. The van der Waals surface area contributed by atoms with Crippen LogP contribution in [0.3, 0.4) is 0 Å². The largest absolute Gasteiger partial charge is 0.352 e. The first kappa shape index (κ1) is 16.3. The minimum absolute atomic E-state index is 0.0800. The maximum atomic E-state index is 11.8. The molecule has 0 radical (unpaired) electrons. The number of hydrogen-bond acceptors (Lipinski definition) is 3. The van der Waals surface area contributed by atoms with Gasteiger partial charge in [-0.2, -0.15) is 4.31 Å². The van der Waals surface area contributed by atoms with Crippen molar-refractivity contribution in [1.82, 2.24) is 9.62 Å². The summed E-state index contributed by atoms with van der Waals surface area (Å²) in [6.07, 6.45) is 3.11. The summed E-state index contributed by atoms with van der Waals surface area (Å²) in [6, 6.07) is 7.37. The van der Waals surface area contributed by atoms with E-state index in [1.807, 2.05) is 18.2 Å². The minimum atomic E-state index is -3.24. The number of hydrogen-bond donors (Lipinski definition) is 1. The standard InChI is InChI=1S/C14H19ClN2O3S/c1-21(19,20)17(12-6-7-12)9-8-14(18)16-10-11-4-2-3-5-13(11)15/h2-5,12H,6-10H2,1H3,(H,16,18). The average molecular weight is 331 g/mol. The number of halogens is 1. The molecule has 1 N–H and O–H groups in total. The van der Waals surface area contributed by atoms with Gasteiger partial charge in [-0.15, -0.1) is 0 Å². The Morgan fingerprint density at radius 2 is 2.05 bits per heavy atom. The number of carbonyl (C=O) groups is 1. The lowest BCUT2D eigenvalue weighted by Crippen LogP contribution is -2.36. The number of carbonyl (C=O) groups excluding carboxylic acids is 1. The molecule has 1 fully saturated rings. The van der Waals surface area contributed by atoms with Crippen LogP contribution in [0.2, 0.25) is 5.02 Å². The molecule has 1 aliphatic rings. The molecule has 116 valence electrons. The van der Waals surface area contributed by atoms with Crippen molar-refractivity contribution in [1.29, 1.82) is 0 Å². The number of sulfonamides is 1. The first-order valence-electron chi connectivity index (χ1n) is 6.85. The zero-order valence-electron chi connectivity index (χ0n) is 11.9. The van der Waals surface area contributed by atoms with Gasteiger partial charge < -0.3 is 5.32 Å². The molecule has 1 saturated carbocycles. The fourth-order valence-electron chi connectivity index (χ4n) is 2.12. The molecule has 0 aliphatic heterocycles. The average Bonchev–Trinajstić information content (AvgIpc) is 3.21. The molecule has 1 aromatic rings. The molecule has 1 amide bonds. The monoisotopic (exact) mass is 330 g/mol. The highest BCUT2D eigenvalue weighted by Crippen LogP contribution is 2.28. The number of nitrogens with one attached hydrogen (secondary N) is 1. The van der Waals surface area contributed by atoms with Gasteiger partial charge in [-0.25, -0.2) is 8.42 Å². The first-order valence-corrected chi connectivity index (χ1v) is 9.07. The summed E-state index contributed by atoms with van der Waals surface area (Å²) in [5.41, 5.74) is 0.842. The molecular weight excluding hydrogens is 312 g/mol. The van der Waals surface area contributed by atoms with Crippen molar-refractivity contribution in [3.05, 3.63) is 34.9 Å². The van der Waals surface area contributed by atoms with Crippen molar-refractivity contribution >= 4 is 27.5 Å². The van der Waals surface area contributed by atoms with E-state index in [9.17, 15) is 13.2 Å². The molecule has 0 atom stereocenters. The Labute approximate surface area is 130 Å². The molecule has 0 aromatic heterocycles. The lowest BCUT2D eigenvalue weighted by molar-refractivity contribution is -0.121. The quantitative estimate of drug-likeness (QED) is 0.828. The maximum absolute atomic E-state index is 11.8. The van der Waals surface area contributed by atoms with Crippen LogP contribution in [0.4, 0.5) is 0 Å². The van der Waals surface area contributed by atoms with Gasteiger partial charge in [0.1, 0.15) is 0 Å². The van der Waals surface area contributed by atoms with Gasteiger partial charge in [-0.3, -0.25) is 4.79 Å². The summed E-state index contributed by atoms with van der Waals surface area (Å²) in [7, 11) is -3.24. The second kappa shape index (κ2) is 6.77. The van der Waals surface area contributed by atoms with Crippen molar-refractivity contribution in [3.63, 3.8) is 0 Å². The Morgan fingerprint density at radius 1 is 1.38 bits per heavy atom. The summed E-state index contributed by atoms with van der Waals surface area (Å²) in [4.78, 5) is 11.8. The molecule has 2 rings (SSSR count). The second-order valence-corrected chi connectivity index (χ2v) is 7.57. The molecule has 0 bridgehead atoms. The van der Waals surface area contributed by atoms with Gasteiger partial charge in [0.25, 0.3) is 0 Å². The molecule has 0 saturated heterocycles. The van der Waals surface area contributed by atoms with Crippen molar-refractivity contribution in [2.24, 2.45) is 0 Å². The van der Waals surface area contributed by atoms with Crippen LogP contribution >= 0.6 is 11.6 Å². The van der Waals surface area contributed by atoms with E-state index in [1.54, 1.807) is 6.07 Å². The summed E-state index contributed by atoms with van der Waals surface area (Å²) in [5.74, 6) is -0.177. The molecule has 0 spiro atoms. The third-order valence-corrected chi connectivity index (χ3v) is 5.07. The molecule has 1 aliphatic carbocycles. The highest BCUT2D eigenvalue weighted by atomic mass is 35.5. The lowest BCUT2D eigenvalue weighted by Gasteiger charge is -2.18. The van der Waals surface area contributed by atoms with Crippen LogP contribution in [0.15, 0.2) is 24.3 Å². The van der Waals surface area contributed by atoms with Gasteiger partial charge >= 0.3 is 0 Å². The Bertz CT molecular complexity index is 614. The first-order chi connectivity index (χ1) is 9.88. The molecule has 0 heterocycles. The van der Waals surface area contributed by atoms with Gasteiger partial charge in [0.15, 0.2) is 0 Å². The summed E-state index contributed by atoms with van der Waals surface area (Å²) >= 11 is 6.01. The van der Waals surface area contributed by atoms with E-state index < -0.39 is 10.0 Å². The van der Waals surface area contributed by atoms with Crippen molar-refractivity contribution in [2.45, 2.75) is 31.8 Å². The summed E-state index contributed by atoms with van der Waals surface area (Å²) in [5, 5.41) is 3.37. The maximum Gasteiger partial charge on any atom is 0.221 e. The lowest BCUT2D eigenvalue weighted by atomic mass is 10.2. The molecule has 0 unspecified atom stereocenters. The zero-order valence-corrected chi connectivity index (χ0v) is 13.5. The van der Waals surface area contributed by atoms with E-state index in [0.717, 1.165) is 18.4 Å². The summed E-state index contributed by atoms with van der Waals surface area (Å²) in [6.45, 7) is 0.582. The number of benzene rings is 1. The summed E-state index contributed by atoms with van der Waals surface area (Å²) < 4.78 is 24.7. The van der Waals surface area contributed by atoms with Crippen LogP contribution in [-0.2, 0) is 21.4 Å². The van der Waals surface area contributed by atoms with Crippen LogP contribution in [0.1, 0.15) is 24.8 Å². The van der Waals surface area contributed by atoms with Crippen LogP contribution in [-0.4, -0.2) is 37.5 Å². The van der Waals surface area contributed by atoms with Crippen molar-refractivity contribution in [3.8, 4) is 0 Å². The van der Waals surface area contributed by atoms with Crippen molar-refractivity contribution < 1.29 is 13.2 Å². The Morgan fingerprint density at radius 3 is 2.62 bits per heavy atom. The number of amides is 1. The van der Waals surface area contributed by atoms with E-state index in [2.05, 4.69) is 5.32 Å². The van der Waals surface area contributed by atoms with E-state index in [4.69, 9.17) is 11.6 Å². The van der Waals surface area contributed by atoms with E-state index in [1.165, 1.54) is 10.6 Å². The molecule has 1 aromatic carbocycles. The zero-order chi connectivity index (χ0) is 15.5. The van der Waals surface area contributed by atoms with Crippen LogP contribution in [0.25, 0.3) is 0 Å². The Kier molecular flexibility index (Phi) is 5.24. The van der Waals surface area contributed by atoms with Crippen LogP contribution < -0.4 is 5.32 Å².